The van der Waals surface area contributed by atoms with Crippen molar-refractivity contribution >= 4 is 61.4 Å². The Morgan fingerprint density at radius 3 is 2.45 bits per heavy atom. The number of amides is 1. The third kappa shape index (κ3) is 4.74. The molecule has 1 aromatic carbocycles. The van der Waals surface area contributed by atoms with Gasteiger partial charge in [-0.05, 0) is 62.0 Å². The summed E-state index contributed by atoms with van der Waals surface area (Å²) < 4.78 is 17.8. The van der Waals surface area contributed by atoms with Crippen LogP contribution in [-0.2, 0) is 14.9 Å². The molecule has 40 heavy (non-hydrogen) atoms. The van der Waals surface area contributed by atoms with E-state index in [9.17, 15) is 14.7 Å². The van der Waals surface area contributed by atoms with E-state index in [0.717, 1.165) is 40.9 Å². The molecule has 2 N–H and O–H groups in total. The fourth-order valence-electron chi connectivity index (χ4n) is 4.63. The minimum Gasteiger partial charge on any atom is -0.495 e. The minimum atomic E-state index is -0.931. The summed E-state index contributed by atoms with van der Waals surface area (Å²) in [5.41, 5.74) is 2.74. The van der Waals surface area contributed by atoms with Crippen molar-refractivity contribution in [1.82, 2.24) is 9.36 Å². The Labute approximate surface area is 242 Å². The van der Waals surface area contributed by atoms with Gasteiger partial charge >= 0.3 is 12.1 Å². The Balaban J connectivity index is 1.23. The Hall–Kier alpha value is -3.80. The van der Waals surface area contributed by atoms with Crippen LogP contribution in [-0.4, -0.2) is 33.6 Å². The number of aromatic nitrogens is 2. The number of carbonyl (C=O) groups is 2. The van der Waals surface area contributed by atoms with Gasteiger partial charge in [0.15, 0.2) is 0 Å². The normalized spacial score (nSPS) is 14.6. The molecular formula is C29H25N3O5S3. The lowest BCUT2D eigenvalue weighted by Crippen LogP contribution is -2.21. The number of nitrogens with one attached hydrogen (secondary N) is 1. The lowest BCUT2D eigenvalue weighted by molar-refractivity contribution is -0.140. The zero-order valence-corrected chi connectivity index (χ0v) is 24.3. The molecule has 0 spiro atoms. The lowest BCUT2D eigenvalue weighted by Gasteiger charge is -2.14. The topological polar surface area (TPSA) is 111 Å². The maximum Gasteiger partial charge on any atom is 0.412 e. The van der Waals surface area contributed by atoms with E-state index in [4.69, 9.17) is 9.47 Å². The van der Waals surface area contributed by atoms with Gasteiger partial charge in [-0.25, -0.2) is 4.79 Å². The van der Waals surface area contributed by atoms with Crippen molar-refractivity contribution < 1.29 is 24.2 Å². The predicted molar refractivity (Wildman–Crippen MR) is 159 cm³/mol. The number of hydrogen-bond acceptors (Lipinski definition) is 9. The first-order valence-electron chi connectivity index (χ1n) is 12.6. The summed E-state index contributed by atoms with van der Waals surface area (Å²) in [7, 11) is 1.54. The van der Waals surface area contributed by atoms with Gasteiger partial charge in [-0.3, -0.25) is 15.1 Å². The number of carbonyl (C=O) groups excluding carboxylic acids is 1. The molecule has 1 fully saturated rings. The molecule has 1 aliphatic rings. The van der Waals surface area contributed by atoms with Gasteiger partial charge in [-0.1, -0.05) is 30.3 Å². The van der Waals surface area contributed by atoms with Crippen molar-refractivity contribution in [3.05, 3.63) is 71.7 Å². The van der Waals surface area contributed by atoms with E-state index in [2.05, 4.69) is 26.8 Å². The van der Waals surface area contributed by atoms with Crippen molar-refractivity contribution in [3.8, 4) is 25.9 Å². The van der Waals surface area contributed by atoms with Gasteiger partial charge < -0.3 is 14.6 Å². The van der Waals surface area contributed by atoms with Crippen LogP contribution in [0.1, 0.15) is 42.8 Å². The zero-order valence-electron chi connectivity index (χ0n) is 21.9. The zero-order chi connectivity index (χ0) is 28.0. The maximum absolute atomic E-state index is 12.7. The number of thiophene rings is 2. The summed E-state index contributed by atoms with van der Waals surface area (Å²) in [6.07, 6.45) is 1.96. The van der Waals surface area contributed by atoms with Crippen LogP contribution in [0, 0.1) is 6.92 Å². The second-order valence-electron chi connectivity index (χ2n) is 9.67. The smallest absolute Gasteiger partial charge is 0.412 e. The van der Waals surface area contributed by atoms with Crippen LogP contribution in [0.15, 0.2) is 54.7 Å². The molecular weight excluding hydrogens is 567 g/mol. The molecule has 5 aromatic rings. The van der Waals surface area contributed by atoms with E-state index < -0.39 is 17.5 Å². The standard InChI is InChI=1S/C29H25N3O5S3/c1-15-24(31-28(35)37-16(2)17-7-5-4-6-8-17)25(40-32-15)23-13-22-21(39-23)12-20(38-22)18-11-19(36-3)26(30-14-18)29(9-10-29)27(33)34/h4-8,11-14,16H,9-10H2,1-3H3,(H,31,35)(H,33,34). The Bertz CT molecular complexity index is 1700. The molecule has 8 nitrogen and oxygen atoms in total. The number of carboxylic acid groups (broad SMARTS) is 1. The summed E-state index contributed by atoms with van der Waals surface area (Å²) >= 11 is 4.59. The Morgan fingerprint density at radius 2 is 1.77 bits per heavy atom. The van der Waals surface area contributed by atoms with Crippen LogP contribution in [0.5, 0.6) is 5.75 Å². The summed E-state index contributed by atoms with van der Waals surface area (Å²) in [6.45, 7) is 3.71. The molecule has 1 unspecified atom stereocenters. The number of aryl methyl sites for hydroxylation is 1. The van der Waals surface area contributed by atoms with Crippen molar-refractivity contribution in [2.24, 2.45) is 0 Å². The monoisotopic (exact) mass is 591 g/mol. The van der Waals surface area contributed by atoms with Crippen LogP contribution in [0.3, 0.4) is 0 Å². The second kappa shape index (κ2) is 10.3. The predicted octanol–water partition coefficient (Wildman–Crippen LogP) is 7.89. The number of ether oxygens (including phenoxy) is 2. The molecule has 0 bridgehead atoms. The van der Waals surface area contributed by atoms with Gasteiger partial charge in [0.2, 0.25) is 0 Å². The number of rotatable bonds is 8. The largest absolute Gasteiger partial charge is 0.495 e. The van der Waals surface area contributed by atoms with Gasteiger partial charge in [-0.2, -0.15) is 4.37 Å². The third-order valence-corrected chi connectivity index (χ3v) is 10.5. The molecule has 0 aliphatic heterocycles. The highest BCUT2D eigenvalue weighted by molar-refractivity contribution is 7.32. The van der Waals surface area contributed by atoms with E-state index in [1.54, 1.807) is 36.0 Å². The lowest BCUT2D eigenvalue weighted by atomic mass is 10.0. The molecule has 1 amide bonds. The van der Waals surface area contributed by atoms with Crippen molar-refractivity contribution in [1.29, 1.82) is 0 Å². The van der Waals surface area contributed by atoms with Crippen molar-refractivity contribution in [3.63, 3.8) is 0 Å². The summed E-state index contributed by atoms with van der Waals surface area (Å²) in [6, 6.07) is 15.7. The fraction of sp³-hybridized carbons (Fsp3) is 0.241. The first kappa shape index (κ1) is 26.4. The van der Waals surface area contributed by atoms with E-state index in [-0.39, 0.29) is 6.10 Å². The molecule has 1 atom stereocenters. The Kier molecular flexibility index (Phi) is 6.81. The van der Waals surface area contributed by atoms with Gasteiger partial charge in [-0.15, -0.1) is 22.7 Å². The molecule has 204 valence electrons. The summed E-state index contributed by atoms with van der Waals surface area (Å²) in [5.74, 6) is -0.361. The van der Waals surface area contributed by atoms with E-state index in [0.29, 0.717) is 30.0 Å². The molecule has 4 aromatic heterocycles. The van der Waals surface area contributed by atoms with Crippen LogP contribution < -0.4 is 10.1 Å². The fourth-order valence-corrected chi connectivity index (χ4v) is 7.95. The van der Waals surface area contributed by atoms with E-state index in [1.165, 1.54) is 11.5 Å². The minimum absolute atomic E-state index is 0.386. The highest BCUT2D eigenvalue weighted by Crippen LogP contribution is 2.51. The number of nitrogens with zero attached hydrogens (tertiary/aromatic N) is 2. The molecule has 1 aliphatic carbocycles. The third-order valence-electron chi connectivity index (χ3n) is 7.04. The average Bonchev–Trinajstić information content (AvgIpc) is 3.36. The van der Waals surface area contributed by atoms with Crippen LogP contribution >= 0.6 is 34.2 Å². The maximum atomic E-state index is 12.7. The van der Waals surface area contributed by atoms with Crippen molar-refractivity contribution in [2.75, 3.05) is 12.4 Å². The van der Waals surface area contributed by atoms with Crippen LogP contribution in [0.4, 0.5) is 10.5 Å². The molecule has 11 heteroatoms. The van der Waals surface area contributed by atoms with Gasteiger partial charge in [0.25, 0.3) is 0 Å². The SMILES string of the molecule is COc1cc(-c2cc3sc(-c4snc(C)c4NC(=O)OC(C)c4ccccc4)cc3s2)cnc1C1(C(=O)O)CC1. The first-order valence-corrected chi connectivity index (χ1v) is 15.0. The molecule has 0 radical (unpaired) electrons. The number of anilines is 1. The van der Waals surface area contributed by atoms with E-state index >= 15 is 0 Å². The molecule has 0 saturated heterocycles. The second-order valence-corrected chi connectivity index (χ2v) is 12.6. The van der Waals surface area contributed by atoms with Crippen molar-refractivity contribution in [2.45, 2.75) is 38.2 Å². The number of aliphatic carboxylic acids is 1. The molecule has 4 heterocycles. The number of pyridine rings is 1. The number of benzene rings is 1. The highest BCUT2D eigenvalue weighted by atomic mass is 32.1. The van der Waals surface area contributed by atoms with Crippen LogP contribution in [0.25, 0.3) is 29.6 Å². The number of fused-ring (bicyclic) bond motifs is 1. The number of hydrogen-bond donors (Lipinski definition) is 2. The molecule has 1 saturated carbocycles. The van der Waals surface area contributed by atoms with Gasteiger partial charge in [0, 0.05) is 26.0 Å². The summed E-state index contributed by atoms with van der Waals surface area (Å²) in [5, 5.41) is 12.6. The van der Waals surface area contributed by atoms with Gasteiger partial charge in [0.05, 0.1) is 33.9 Å². The highest BCUT2D eigenvalue weighted by Gasteiger charge is 2.54. The number of carboxylic acids is 1. The molecule has 6 rings (SSSR count). The Morgan fingerprint density at radius 1 is 1.07 bits per heavy atom. The average molecular weight is 592 g/mol. The first-order chi connectivity index (χ1) is 19.3. The van der Waals surface area contributed by atoms with Crippen LogP contribution in [0.2, 0.25) is 0 Å². The number of methoxy groups -OCH3 is 1. The van der Waals surface area contributed by atoms with E-state index in [1.807, 2.05) is 50.2 Å². The quantitative estimate of drug-likeness (QED) is 0.189. The van der Waals surface area contributed by atoms with Gasteiger partial charge in [0.1, 0.15) is 17.3 Å². The summed E-state index contributed by atoms with van der Waals surface area (Å²) in [4.78, 5) is 32.0.